The first-order chi connectivity index (χ1) is 9.33. The van der Waals surface area contributed by atoms with Crippen molar-refractivity contribution in [2.75, 3.05) is 19.6 Å². The maximum absolute atomic E-state index is 5.29. The number of hydrogen-bond acceptors (Lipinski definition) is 4. The van der Waals surface area contributed by atoms with E-state index in [9.17, 15) is 0 Å². The number of benzene rings is 2. The van der Waals surface area contributed by atoms with Crippen molar-refractivity contribution in [2.45, 2.75) is 0 Å². The molecule has 4 nitrogen and oxygen atoms in total. The number of hydrogen-bond donors (Lipinski definition) is 1. The second kappa shape index (κ2) is 6.44. The van der Waals surface area contributed by atoms with E-state index < -0.39 is 0 Å². The molecular weight excluding hydrogens is 240 g/mol. The van der Waals surface area contributed by atoms with Crippen LogP contribution in [0, 0.1) is 0 Å². The van der Waals surface area contributed by atoms with E-state index in [2.05, 4.69) is 10.5 Å². The van der Waals surface area contributed by atoms with E-state index in [-0.39, 0.29) is 0 Å². The Morgan fingerprint density at radius 2 is 1.79 bits per heavy atom. The summed E-state index contributed by atoms with van der Waals surface area (Å²) in [5.41, 5.74) is 4.77. The summed E-state index contributed by atoms with van der Waals surface area (Å²) in [6, 6.07) is 15.3. The van der Waals surface area contributed by atoms with Crippen LogP contribution in [0.15, 0.2) is 53.6 Å². The second-order valence-electron chi connectivity index (χ2n) is 3.84. The summed E-state index contributed by atoms with van der Waals surface area (Å²) < 4.78 is 10.4. The van der Waals surface area contributed by atoms with E-state index in [1.165, 1.54) is 0 Å². The van der Waals surface area contributed by atoms with E-state index in [1.807, 2.05) is 48.5 Å². The fourth-order valence-corrected chi connectivity index (χ4v) is 1.61. The van der Waals surface area contributed by atoms with Crippen LogP contribution in [0.4, 0.5) is 5.69 Å². The van der Waals surface area contributed by atoms with Crippen LogP contribution >= 0.6 is 0 Å². The minimum Gasteiger partial charge on any atom is -0.497 e. The zero-order chi connectivity index (χ0) is 13.5. The highest BCUT2D eigenvalue weighted by Crippen LogP contribution is 2.23. The second-order valence-corrected chi connectivity index (χ2v) is 3.84. The minimum absolute atomic E-state index is 0.720. The summed E-state index contributed by atoms with van der Waals surface area (Å²) >= 11 is 0. The Balaban J connectivity index is 2.10. The van der Waals surface area contributed by atoms with Crippen molar-refractivity contribution in [3.8, 4) is 11.5 Å². The van der Waals surface area contributed by atoms with Crippen LogP contribution < -0.4 is 14.9 Å². The third-order valence-electron chi connectivity index (χ3n) is 2.61. The summed E-state index contributed by atoms with van der Waals surface area (Å²) in [5.74, 6) is 1.47. The lowest BCUT2D eigenvalue weighted by molar-refractivity contribution is 0.394. The Hall–Kier alpha value is -2.49. The van der Waals surface area contributed by atoms with Crippen LogP contribution in [0.1, 0.15) is 5.56 Å². The summed E-state index contributed by atoms with van der Waals surface area (Å²) in [5, 5.41) is 4.18. The molecule has 0 unspecified atom stereocenters. The third kappa shape index (κ3) is 3.48. The van der Waals surface area contributed by atoms with Gasteiger partial charge in [0.15, 0.2) is 0 Å². The molecule has 0 aliphatic rings. The maximum atomic E-state index is 5.29. The normalized spacial score (nSPS) is 10.4. The molecule has 0 bridgehead atoms. The molecule has 0 radical (unpaired) electrons. The van der Waals surface area contributed by atoms with E-state index >= 15 is 0 Å². The van der Waals surface area contributed by atoms with E-state index in [0.717, 1.165) is 22.7 Å². The first kappa shape index (κ1) is 13.0. The average molecular weight is 256 g/mol. The molecule has 98 valence electrons. The van der Waals surface area contributed by atoms with Crippen LogP contribution in [0.5, 0.6) is 11.5 Å². The molecule has 0 atom stereocenters. The lowest BCUT2D eigenvalue weighted by atomic mass is 10.2. The lowest BCUT2D eigenvalue weighted by Crippen LogP contribution is -1.95. The van der Waals surface area contributed by atoms with Gasteiger partial charge in [0.2, 0.25) is 0 Å². The van der Waals surface area contributed by atoms with Gasteiger partial charge in [-0.2, -0.15) is 5.10 Å². The first-order valence-electron chi connectivity index (χ1n) is 5.89. The quantitative estimate of drug-likeness (QED) is 0.660. The molecule has 2 aromatic carbocycles. The highest BCUT2D eigenvalue weighted by Gasteiger charge is 2.02. The van der Waals surface area contributed by atoms with Gasteiger partial charge >= 0.3 is 0 Å². The molecule has 2 rings (SSSR count). The summed E-state index contributed by atoms with van der Waals surface area (Å²) in [4.78, 5) is 0. The Bertz CT molecular complexity index is 553. The Kier molecular flexibility index (Phi) is 4.39. The number of hydrazone groups is 1. The molecule has 0 saturated carbocycles. The summed E-state index contributed by atoms with van der Waals surface area (Å²) in [7, 11) is 3.25. The van der Waals surface area contributed by atoms with Crippen molar-refractivity contribution in [3.63, 3.8) is 0 Å². The number of para-hydroxylation sites is 1. The number of methoxy groups -OCH3 is 2. The molecule has 0 amide bonds. The molecule has 0 heterocycles. The molecule has 0 saturated heterocycles. The number of nitrogens with zero attached hydrogens (tertiary/aromatic N) is 1. The van der Waals surface area contributed by atoms with Gasteiger partial charge in [0, 0.05) is 11.6 Å². The minimum atomic E-state index is 0.720. The van der Waals surface area contributed by atoms with Crippen molar-refractivity contribution >= 4 is 11.9 Å². The van der Waals surface area contributed by atoms with Gasteiger partial charge in [0.25, 0.3) is 0 Å². The molecular formula is C15H16N2O2. The molecule has 0 aromatic heterocycles. The molecule has 2 aromatic rings. The average Bonchev–Trinajstić information content (AvgIpc) is 2.48. The van der Waals surface area contributed by atoms with Crippen molar-refractivity contribution in [2.24, 2.45) is 5.10 Å². The Morgan fingerprint density at radius 3 is 2.47 bits per heavy atom. The van der Waals surface area contributed by atoms with Crippen LogP contribution in [0.25, 0.3) is 0 Å². The number of nitrogens with one attached hydrogen (secondary N) is 1. The van der Waals surface area contributed by atoms with E-state index in [1.54, 1.807) is 20.4 Å². The Labute approximate surface area is 112 Å². The number of rotatable bonds is 5. The van der Waals surface area contributed by atoms with Crippen LogP contribution in [0.3, 0.4) is 0 Å². The molecule has 19 heavy (non-hydrogen) atoms. The smallest absolute Gasteiger partial charge is 0.131 e. The van der Waals surface area contributed by atoms with Crippen molar-refractivity contribution < 1.29 is 9.47 Å². The van der Waals surface area contributed by atoms with Crippen molar-refractivity contribution in [3.05, 3.63) is 54.1 Å². The van der Waals surface area contributed by atoms with Gasteiger partial charge in [-0.1, -0.05) is 18.2 Å². The van der Waals surface area contributed by atoms with Crippen molar-refractivity contribution in [1.29, 1.82) is 0 Å². The van der Waals surface area contributed by atoms with Gasteiger partial charge in [-0.3, -0.25) is 5.43 Å². The molecule has 0 aliphatic carbocycles. The molecule has 4 heteroatoms. The zero-order valence-electron chi connectivity index (χ0n) is 11.0. The molecule has 0 spiro atoms. The predicted octanol–water partition coefficient (Wildman–Crippen LogP) is 3.15. The number of anilines is 1. The van der Waals surface area contributed by atoms with Crippen molar-refractivity contribution in [1.82, 2.24) is 0 Å². The fourth-order valence-electron chi connectivity index (χ4n) is 1.61. The largest absolute Gasteiger partial charge is 0.497 e. The maximum Gasteiger partial charge on any atom is 0.131 e. The van der Waals surface area contributed by atoms with Crippen LogP contribution in [-0.2, 0) is 0 Å². The SMILES string of the molecule is COc1ccc(C=NNc2ccccc2)c(OC)c1. The summed E-state index contributed by atoms with van der Waals surface area (Å²) in [6.45, 7) is 0. The monoisotopic (exact) mass is 256 g/mol. The third-order valence-corrected chi connectivity index (χ3v) is 2.61. The van der Waals surface area contributed by atoms with Gasteiger partial charge in [0.05, 0.1) is 26.1 Å². The van der Waals surface area contributed by atoms with Gasteiger partial charge < -0.3 is 9.47 Å². The summed E-state index contributed by atoms with van der Waals surface area (Å²) in [6.07, 6.45) is 1.71. The van der Waals surface area contributed by atoms with E-state index in [0.29, 0.717) is 0 Å². The molecule has 1 N–H and O–H groups in total. The van der Waals surface area contributed by atoms with Gasteiger partial charge in [0.1, 0.15) is 11.5 Å². The lowest BCUT2D eigenvalue weighted by Gasteiger charge is -2.07. The first-order valence-corrected chi connectivity index (χ1v) is 5.89. The number of ether oxygens (including phenoxy) is 2. The highest BCUT2D eigenvalue weighted by molar-refractivity contribution is 5.84. The standard InChI is InChI=1S/C15H16N2O2/c1-18-14-9-8-12(15(10-14)19-2)11-16-17-13-6-4-3-5-7-13/h3-11,17H,1-2H3. The zero-order valence-corrected chi connectivity index (χ0v) is 11.0. The topological polar surface area (TPSA) is 42.8 Å². The molecule has 0 aliphatic heterocycles. The predicted molar refractivity (Wildman–Crippen MR) is 77.2 cm³/mol. The van der Waals surface area contributed by atoms with Gasteiger partial charge in [-0.25, -0.2) is 0 Å². The van der Waals surface area contributed by atoms with Crippen LogP contribution in [0.2, 0.25) is 0 Å². The highest BCUT2D eigenvalue weighted by atomic mass is 16.5. The molecule has 0 fully saturated rings. The van der Waals surface area contributed by atoms with Gasteiger partial charge in [-0.15, -0.1) is 0 Å². The fraction of sp³-hybridized carbons (Fsp3) is 0.133. The van der Waals surface area contributed by atoms with Gasteiger partial charge in [-0.05, 0) is 24.3 Å². The van der Waals surface area contributed by atoms with Crippen LogP contribution in [-0.4, -0.2) is 20.4 Å². The Morgan fingerprint density at radius 1 is 1.00 bits per heavy atom. The van der Waals surface area contributed by atoms with E-state index in [4.69, 9.17) is 9.47 Å².